The summed E-state index contributed by atoms with van der Waals surface area (Å²) in [5, 5.41) is 15.2. The lowest BCUT2D eigenvalue weighted by Gasteiger charge is -2.22. The number of aromatic nitrogens is 3. The molecule has 4 rings (SSSR count). The number of hydrogen-bond donors (Lipinski definition) is 1. The molecule has 0 saturated heterocycles. The maximum absolute atomic E-state index is 9.78. The van der Waals surface area contributed by atoms with Gasteiger partial charge in [0.05, 0.1) is 17.5 Å². The fraction of sp³-hybridized carbons (Fsp3) is 0.412. The molecule has 3 aromatic rings. The number of rotatable bonds is 5. The average molecular weight is 344 g/mol. The van der Waals surface area contributed by atoms with Gasteiger partial charge in [-0.15, -0.1) is 0 Å². The molecule has 24 heavy (non-hydrogen) atoms. The first kappa shape index (κ1) is 15.3. The maximum atomic E-state index is 9.78. The third-order valence-corrected chi connectivity index (χ3v) is 5.55. The van der Waals surface area contributed by atoms with Crippen molar-refractivity contribution in [1.82, 2.24) is 14.8 Å². The predicted octanol–water partition coefficient (Wildman–Crippen LogP) is 3.22. The fourth-order valence-corrected chi connectivity index (χ4v) is 4.06. The van der Waals surface area contributed by atoms with Crippen LogP contribution < -0.4 is 9.64 Å². The lowest BCUT2D eigenvalue weighted by molar-refractivity contribution is 0.373. The molecule has 0 spiro atoms. The first-order valence-corrected chi connectivity index (χ1v) is 8.81. The van der Waals surface area contributed by atoms with Crippen LogP contribution >= 0.6 is 11.3 Å². The van der Waals surface area contributed by atoms with E-state index in [1.54, 1.807) is 24.5 Å². The van der Waals surface area contributed by atoms with E-state index in [1.165, 1.54) is 12.8 Å². The summed E-state index contributed by atoms with van der Waals surface area (Å²) >= 11 is 1.70. The molecular weight excluding hydrogens is 324 g/mol. The van der Waals surface area contributed by atoms with Crippen LogP contribution in [-0.2, 0) is 13.6 Å². The number of anilines is 1. The molecule has 1 aliphatic rings. The molecule has 7 heteroatoms. The minimum atomic E-state index is 0.168. The standard InChI is InChI=1S/C17H20N4O2S/c1-10-15-16(20(2)19-10)18-17(24-15)21(12-5-6-12)9-11-4-7-13(22)14(8-11)23-3/h4,7-8,12,22H,5-6,9H2,1-3H3. The van der Waals surface area contributed by atoms with Crippen LogP contribution in [0.1, 0.15) is 24.1 Å². The van der Waals surface area contributed by atoms with E-state index in [0.29, 0.717) is 11.8 Å². The van der Waals surface area contributed by atoms with Gasteiger partial charge in [0.1, 0.15) is 0 Å². The van der Waals surface area contributed by atoms with Crippen molar-refractivity contribution in [2.24, 2.45) is 7.05 Å². The largest absolute Gasteiger partial charge is 0.504 e. The lowest BCUT2D eigenvalue weighted by atomic mass is 10.2. The zero-order chi connectivity index (χ0) is 16.8. The highest BCUT2D eigenvalue weighted by atomic mass is 32.1. The summed E-state index contributed by atoms with van der Waals surface area (Å²) in [5.41, 5.74) is 3.07. The van der Waals surface area contributed by atoms with E-state index in [1.807, 2.05) is 30.8 Å². The number of ether oxygens (including phenoxy) is 1. The molecule has 0 bridgehead atoms. The van der Waals surface area contributed by atoms with Crippen LogP contribution in [0.5, 0.6) is 11.5 Å². The van der Waals surface area contributed by atoms with Crippen molar-refractivity contribution in [2.75, 3.05) is 12.0 Å². The number of phenols is 1. The highest BCUT2D eigenvalue weighted by Gasteiger charge is 2.32. The summed E-state index contributed by atoms with van der Waals surface area (Å²) in [6, 6.07) is 6.06. The van der Waals surface area contributed by atoms with Crippen LogP contribution in [0.3, 0.4) is 0 Å². The van der Waals surface area contributed by atoms with Crippen molar-refractivity contribution in [3.63, 3.8) is 0 Å². The van der Waals surface area contributed by atoms with Gasteiger partial charge in [0.25, 0.3) is 0 Å². The molecule has 1 aliphatic carbocycles. The highest BCUT2D eigenvalue weighted by molar-refractivity contribution is 7.22. The quantitative estimate of drug-likeness (QED) is 0.770. The monoisotopic (exact) mass is 344 g/mol. The van der Waals surface area contributed by atoms with Crippen molar-refractivity contribution in [2.45, 2.75) is 32.4 Å². The predicted molar refractivity (Wildman–Crippen MR) is 95.0 cm³/mol. The molecular formula is C17H20N4O2S. The number of methoxy groups -OCH3 is 1. The van der Waals surface area contributed by atoms with Crippen LogP contribution in [0, 0.1) is 6.92 Å². The van der Waals surface area contributed by atoms with Crippen LogP contribution in [0.15, 0.2) is 18.2 Å². The van der Waals surface area contributed by atoms with E-state index in [-0.39, 0.29) is 5.75 Å². The number of hydrogen-bond acceptors (Lipinski definition) is 6. The van der Waals surface area contributed by atoms with E-state index in [2.05, 4.69) is 10.00 Å². The summed E-state index contributed by atoms with van der Waals surface area (Å²) in [6.07, 6.45) is 2.39. The second kappa shape index (κ2) is 5.66. The molecule has 1 N–H and O–H groups in total. The van der Waals surface area contributed by atoms with Crippen molar-refractivity contribution in [1.29, 1.82) is 0 Å². The van der Waals surface area contributed by atoms with Crippen LogP contribution in [0.25, 0.3) is 10.3 Å². The van der Waals surface area contributed by atoms with Crippen LogP contribution in [0.2, 0.25) is 0 Å². The Bertz CT molecular complexity index is 863. The van der Waals surface area contributed by atoms with Gasteiger partial charge in [0.15, 0.2) is 22.3 Å². The first-order chi connectivity index (χ1) is 11.6. The molecule has 1 saturated carbocycles. The Balaban J connectivity index is 1.68. The smallest absolute Gasteiger partial charge is 0.188 e. The molecule has 0 radical (unpaired) electrons. The Labute approximate surface area is 144 Å². The summed E-state index contributed by atoms with van der Waals surface area (Å²) in [4.78, 5) is 7.17. The summed E-state index contributed by atoms with van der Waals surface area (Å²) < 4.78 is 8.22. The summed E-state index contributed by atoms with van der Waals surface area (Å²) in [5.74, 6) is 0.675. The minimum Gasteiger partial charge on any atom is -0.504 e. The van der Waals surface area contributed by atoms with Crippen molar-refractivity contribution in [3.05, 3.63) is 29.5 Å². The van der Waals surface area contributed by atoms with E-state index >= 15 is 0 Å². The summed E-state index contributed by atoms with van der Waals surface area (Å²) in [7, 11) is 3.51. The van der Waals surface area contributed by atoms with Crippen molar-refractivity contribution in [3.8, 4) is 11.5 Å². The van der Waals surface area contributed by atoms with Crippen LogP contribution in [0.4, 0.5) is 5.13 Å². The highest BCUT2D eigenvalue weighted by Crippen LogP contribution is 2.39. The zero-order valence-electron chi connectivity index (χ0n) is 14.0. The molecule has 2 heterocycles. The normalized spacial score (nSPS) is 14.3. The molecule has 0 atom stereocenters. The van der Waals surface area contributed by atoms with E-state index in [4.69, 9.17) is 9.72 Å². The SMILES string of the molecule is COc1cc(CN(c2nc3c(s2)c(C)nn3C)C2CC2)ccc1O. The Morgan fingerprint density at radius 2 is 2.21 bits per heavy atom. The molecule has 126 valence electrons. The Morgan fingerprint density at radius 1 is 1.42 bits per heavy atom. The molecule has 2 aromatic heterocycles. The van der Waals surface area contributed by atoms with Gasteiger partial charge in [-0.3, -0.25) is 0 Å². The molecule has 6 nitrogen and oxygen atoms in total. The summed E-state index contributed by atoms with van der Waals surface area (Å²) in [6.45, 7) is 2.78. The molecule has 1 aromatic carbocycles. The fourth-order valence-electron chi connectivity index (χ4n) is 2.95. The molecule has 1 fully saturated rings. The van der Waals surface area contributed by atoms with Gasteiger partial charge in [-0.1, -0.05) is 17.4 Å². The average Bonchev–Trinajstić information content (AvgIpc) is 3.24. The van der Waals surface area contributed by atoms with Gasteiger partial charge < -0.3 is 14.7 Å². The number of phenolic OH excluding ortho intramolecular Hbond substituents is 1. The van der Waals surface area contributed by atoms with E-state index < -0.39 is 0 Å². The van der Waals surface area contributed by atoms with E-state index in [0.717, 1.165) is 33.3 Å². The molecule has 0 amide bonds. The van der Waals surface area contributed by atoms with Crippen molar-refractivity contribution >= 4 is 26.8 Å². The second-order valence-corrected chi connectivity index (χ2v) is 7.20. The van der Waals surface area contributed by atoms with Gasteiger partial charge in [0, 0.05) is 19.6 Å². The van der Waals surface area contributed by atoms with Gasteiger partial charge in [0.2, 0.25) is 0 Å². The minimum absolute atomic E-state index is 0.168. The van der Waals surface area contributed by atoms with Crippen LogP contribution in [-0.4, -0.2) is 33.0 Å². The van der Waals surface area contributed by atoms with Gasteiger partial charge >= 0.3 is 0 Å². The number of aromatic hydroxyl groups is 1. The number of fused-ring (bicyclic) bond motifs is 1. The zero-order valence-corrected chi connectivity index (χ0v) is 14.8. The topological polar surface area (TPSA) is 63.4 Å². The number of thiazole rings is 1. The molecule has 0 unspecified atom stereocenters. The lowest BCUT2D eigenvalue weighted by Crippen LogP contribution is -2.24. The van der Waals surface area contributed by atoms with Crippen molar-refractivity contribution < 1.29 is 9.84 Å². The first-order valence-electron chi connectivity index (χ1n) is 7.99. The number of benzene rings is 1. The molecule has 0 aliphatic heterocycles. The Morgan fingerprint density at radius 3 is 2.88 bits per heavy atom. The van der Waals surface area contributed by atoms with Gasteiger partial charge in [-0.05, 0) is 37.5 Å². The van der Waals surface area contributed by atoms with E-state index in [9.17, 15) is 5.11 Å². The second-order valence-electron chi connectivity index (χ2n) is 6.22. The van der Waals surface area contributed by atoms with Gasteiger partial charge in [-0.2, -0.15) is 5.10 Å². The number of aryl methyl sites for hydroxylation is 2. The Kier molecular flexibility index (Phi) is 3.60. The van der Waals surface area contributed by atoms with Gasteiger partial charge in [-0.25, -0.2) is 9.67 Å². The third-order valence-electron chi connectivity index (χ3n) is 4.36. The number of nitrogens with zero attached hydrogens (tertiary/aromatic N) is 4. The third kappa shape index (κ3) is 2.58. The maximum Gasteiger partial charge on any atom is 0.188 e. The Hall–Kier alpha value is -2.28.